The molecule has 0 heterocycles. The molecule has 1 amide bonds. The molecule has 0 radical (unpaired) electrons. The Bertz CT molecular complexity index is 772. The molecule has 2 aromatic rings. The summed E-state index contributed by atoms with van der Waals surface area (Å²) in [7, 11) is 0. The molecular weight excluding hydrogens is 324 g/mol. The molecule has 2 aromatic carbocycles. The highest BCUT2D eigenvalue weighted by Crippen LogP contribution is 2.17. The molecule has 2 N–H and O–H groups in total. The van der Waals surface area contributed by atoms with Gasteiger partial charge < -0.3 is 15.5 Å². The van der Waals surface area contributed by atoms with Crippen molar-refractivity contribution in [3.63, 3.8) is 0 Å². The quantitative estimate of drug-likeness (QED) is 0.564. The second-order valence-electron chi connectivity index (χ2n) is 5.70. The van der Waals surface area contributed by atoms with Gasteiger partial charge in [0.1, 0.15) is 11.6 Å². The smallest absolute Gasteiger partial charge is 0.263 e. The van der Waals surface area contributed by atoms with E-state index in [1.54, 1.807) is 0 Å². The number of nitrogens with zero attached hydrogens (tertiary/aromatic N) is 2. The van der Waals surface area contributed by atoms with Gasteiger partial charge in [0.2, 0.25) is 0 Å². The predicted molar refractivity (Wildman–Crippen MR) is 106 cm³/mol. The summed E-state index contributed by atoms with van der Waals surface area (Å²) in [6.45, 7) is 6.52. The van der Waals surface area contributed by atoms with Crippen LogP contribution in [0, 0.1) is 11.3 Å². The summed E-state index contributed by atoms with van der Waals surface area (Å²) in [5, 5.41) is 15.0. The molecule has 0 aliphatic heterocycles. The van der Waals surface area contributed by atoms with Crippen molar-refractivity contribution in [3.8, 4) is 6.07 Å². The molecule has 26 heavy (non-hydrogen) atoms. The Morgan fingerprint density at radius 1 is 1.08 bits per heavy atom. The van der Waals surface area contributed by atoms with E-state index >= 15 is 0 Å². The second-order valence-corrected chi connectivity index (χ2v) is 5.70. The van der Waals surface area contributed by atoms with E-state index in [0.29, 0.717) is 6.54 Å². The summed E-state index contributed by atoms with van der Waals surface area (Å²) in [5.41, 5.74) is 2.99. The van der Waals surface area contributed by atoms with Crippen LogP contribution in [0.3, 0.4) is 0 Å². The number of carbonyl (C=O) groups is 1. The van der Waals surface area contributed by atoms with Crippen LogP contribution in [0.4, 0.5) is 11.4 Å². The minimum Gasteiger partial charge on any atom is -0.372 e. The lowest BCUT2D eigenvalue weighted by atomic mass is 10.2. The lowest BCUT2D eigenvalue weighted by molar-refractivity contribution is -0.117. The topological polar surface area (TPSA) is 68.2 Å². The summed E-state index contributed by atoms with van der Waals surface area (Å²) in [6.07, 6.45) is 1.44. The molecule has 0 unspecified atom stereocenters. The third kappa shape index (κ3) is 5.38. The molecule has 5 nitrogen and oxygen atoms in total. The average Bonchev–Trinajstić information content (AvgIpc) is 2.69. The van der Waals surface area contributed by atoms with Gasteiger partial charge in [0, 0.05) is 37.2 Å². The fourth-order valence-corrected chi connectivity index (χ4v) is 2.53. The molecule has 0 saturated heterocycles. The molecule has 0 spiro atoms. The van der Waals surface area contributed by atoms with Crippen molar-refractivity contribution in [1.29, 1.82) is 5.26 Å². The standard InChI is InChI=1S/C21H24N4O/c1-3-25(4-2)20-12-10-19(11-13-20)23-16-18(14-22)21(26)24-15-17-8-6-5-7-9-17/h5-13,16,23H,3-4,15H2,1-2H3,(H,24,26)/b18-16-. The Morgan fingerprint density at radius 2 is 1.73 bits per heavy atom. The SMILES string of the molecule is CCN(CC)c1ccc(N/C=C(/C#N)C(=O)NCc2ccccc2)cc1. The number of hydrogen-bond acceptors (Lipinski definition) is 4. The Labute approximate surface area is 154 Å². The number of amides is 1. The Hall–Kier alpha value is -3.26. The first kappa shape index (κ1) is 19.1. The van der Waals surface area contributed by atoms with Crippen LogP contribution in [-0.4, -0.2) is 19.0 Å². The van der Waals surface area contributed by atoms with Gasteiger partial charge in [-0.05, 0) is 43.7 Å². The summed E-state index contributed by atoms with van der Waals surface area (Å²) in [5.74, 6) is -0.399. The van der Waals surface area contributed by atoms with Gasteiger partial charge in [0.15, 0.2) is 0 Å². The molecule has 0 fully saturated rings. The van der Waals surface area contributed by atoms with Crippen molar-refractivity contribution >= 4 is 17.3 Å². The molecule has 2 rings (SSSR count). The number of nitrogens with one attached hydrogen (secondary N) is 2. The molecule has 0 atom stereocenters. The van der Waals surface area contributed by atoms with E-state index in [1.807, 2.05) is 60.7 Å². The third-order valence-corrected chi connectivity index (χ3v) is 4.04. The number of carbonyl (C=O) groups excluding carboxylic acids is 1. The third-order valence-electron chi connectivity index (χ3n) is 4.04. The maximum Gasteiger partial charge on any atom is 0.263 e. The highest BCUT2D eigenvalue weighted by Gasteiger charge is 2.08. The number of hydrogen-bond donors (Lipinski definition) is 2. The van der Waals surface area contributed by atoms with Crippen molar-refractivity contribution in [2.24, 2.45) is 0 Å². The molecule has 0 aromatic heterocycles. The van der Waals surface area contributed by atoms with Crippen molar-refractivity contribution in [2.75, 3.05) is 23.3 Å². The first-order valence-corrected chi connectivity index (χ1v) is 8.71. The predicted octanol–water partition coefficient (Wildman–Crippen LogP) is 3.67. The van der Waals surface area contributed by atoms with Gasteiger partial charge in [-0.3, -0.25) is 4.79 Å². The van der Waals surface area contributed by atoms with E-state index in [2.05, 4.69) is 29.4 Å². The highest BCUT2D eigenvalue weighted by atomic mass is 16.1. The minimum atomic E-state index is -0.399. The number of benzene rings is 2. The normalized spacial score (nSPS) is 10.7. The van der Waals surface area contributed by atoms with E-state index < -0.39 is 5.91 Å². The maximum absolute atomic E-state index is 12.1. The summed E-state index contributed by atoms with van der Waals surface area (Å²) >= 11 is 0. The molecule has 0 aliphatic carbocycles. The van der Waals surface area contributed by atoms with Gasteiger partial charge in [0.05, 0.1) is 0 Å². The summed E-state index contributed by atoms with van der Waals surface area (Å²) in [6, 6.07) is 19.4. The first-order valence-electron chi connectivity index (χ1n) is 8.71. The Kier molecular flexibility index (Phi) is 7.26. The van der Waals surface area contributed by atoms with Crippen LogP contribution in [0.1, 0.15) is 19.4 Å². The van der Waals surface area contributed by atoms with Gasteiger partial charge in [-0.15, -0.1) is 0 Å². The van der Waals surface area contributed by atoms with Gasteiger partial charge in [0.25, 0.3) is 5.91 Å². The van der Waals surface area contributed by atoms with E-state index in [1.165, 1.54) is 6.20 Å². The van der Waals surface area contributed by atoms with Crippen molar-refractivity contribution in [3.05, 3.63) is 71.9 Å². The molecule has 0 bridgehead atoms. The number of nitriles is 1. The number of rotatable bonds is 8. The monoisotopic (exact) mass is 348 g/mol. The summed E-state index contributed by atoms with van der Waals surface area (Å²) in [4.78, 5) is 14.4. The fourth-order valence-electron chi connectivity index (χ4n) is 2.53. The summed E-state index contributed by atoms with van der Waals surface area (Å²) < 4.78 is 0. The van der Waals surface area contributed by atoms with E-state index in [0.717, 1.165) is 30.0 Å². The Morgan fingerprint density at radius 3 is 2.31 bits per heavy atom. The van der Waals surface area contributed by atoms with Gasteiger partial charge in [-0.1, -0.05) is 30.3 Å². The fraction of sp³-hybridized carbons (Fsp3) is 0.238. The van der Waals surface area contributed by atoms with Crippen molar-refractivity contribution in [2.45, 2.75) is 20.4 Å². The Balaban J connectivity index is 1.96. The van der Waals surface area contributed by atoms with Crippen molar-refractivity contribution in [1.82, 2.24) is 5.32 Å². The molecule has 5 heteroatoms. The van der Waals surface area contributed by atoms with Crippen LogP contribution in [-0.2, 0) is 11.3 Å². The van der Waals surface area contributed by atoms with E-state index in [-0.39, 0.29) is 5.57 Å². The van der Waals surface area contributed by atoms with Crippen molar-refractivity contribution < 1.29 is 4.79 Å². The van der Waals surface area contributed by atoms with Crippen LogP contribution in [0.2, 0.25) is 0 Å². The zero-order valence-corrected chi connectivity index (χ0v) is 15.2. The molecule has 0 aliphatic rings. The molecule has 134 valence electrons. The van der Waals surface area contributed by atoms with Crippen LogP contribution < -0.4 is 15.5 Å². The maximum atomic E-state index is 12.1. The van der Waals surface area contributed by atoms with Crippen LogP contribution in [0.15, 0.2) is 66.4 Å². The largest absolute Gasteiger partial charge is 0.372 e. The second kappa shape index (κ2) is 9.90. The molecular formula is C21H24N4O. The number of anilines is 2. The highest BCUT2D eigenvalue weighted by molar-refractivity contribution is 5.97. The van der Waals surface area contributed by atoms with Crippen LogP contribution >= 0.6 is 0 Å². The van der Waals surface area contributed by atoms with E-state index in [4.69, 9.17) is 0 Å². The zero-order valence-electron chi connectivity index (χ0n) is 15.2. The average molecular weight is 348 g/mol. The first-order chi connectivity index (χ1) is 12.7. The van der Waals surface area contributed by atoms with Gasteiger partial charge >= 0.3 is 0 Å². The van der Waals surface area contributed by atoms with Gasteiger partial charge in [-0.2, -0.15) is 5.26 Å². The van der Waals surface area contributed by atoms with Gasteiger partial charge in [-0.25, -0.2) is 0 Å². The van der Waals surface area contributed by atoms with Crippen LogP contribution in [0.5, 0.6) is 0 Å². The lowest BCUT2D eigenvalue weighted by Crippen LogP contribution is -2.24. The zero-order chi connectivity index (χ0) is 18.8. The lowest BCUT2D eigenvalue weighted by Gasteiger charge is -2.21. The van der Waals surface area contributed by atoms with Crippen LogP contribution in [0.25, 0.3) is 0 Å². The van der Waals surface area contributed by atoms with E-state index in [9.17, 15) is 10.1 Å². The molecule has 0 saturated carbocycles. The minimum absolute atomic E-state index is 0.0359.